The van der Waals surface area contributed by atoms with Gasteiger partial charge in [0.15, 0.2) is 0 Å². The smallest absolute Gasteiger partial charge is 0.271 e. The molecule has 10 heteroatoms. The van der Waals surface area contributed by atoms with Gasteiger partial charge in [0.05, 0.1) is 28.3 Å². The summed E-state index contributed by atoms with van der Waals surface area (Å²) in [6, 6.07) is 13.4. The first-order valence-electron chi connectivity index (χ1n) is 9.87. The standard InChI is InChI=1S/C23H23N3O6S/c1-14-6-5-7-19(16(14)3)25-33(30,31)22-12-17(9-8-15(22)2)23(27)24-20-13-18(26(28)29)10-11-21(20)32-4/h5-13,25H,1-4H3,(H,24,27). The van der Waals surface area contributed by atoms with Crippen molar-refractivity contribution in [3.8, 4) is 5.75 Å². The van der Waals surface area contributed by atoms with Crippen LogP contribution in [-0.4, -0.2) is 26.4 Å². The first kappa shape index (κ1) is 23.7. The number of rotatable bonds is 7. The van der Waals surface area contributed by atoms with E-state index in [1.54, 1.807) is 19.1 Å². The predicted octanol–water partition coefficient (Wildman–Crippen LogP) is 4.58. The zero-order chi connectivity index (χ0) is 24.3. The van der Waals surface area contributed by atoms with Gasteiger partial charge in [0, 0.05) is 17.7 Å². The molecule has 0 aliphatic heterocycles. The Morgan fingerprint density at radius 3 is 2.36 bits per heavy atom. The largest absolute Gasteiger partial charge is 0.495 e. The Balaban J connectivity index is 1.94. The van der Waals surface area contributed by atoms with E-state index in [9.17, 15) is 23.3 Å². The zero-order valence-corrected chi connectivity index (χ0v) is 19.3. The van der Waals surface area contributed by atoms with Crippen molar-refractivity contribution >= 4 is 33.0 Å². The number of nitro groups is 1. The fraction of sp³-hybridized carbons (Fsp3) is 0.174. The van der Waals surface area contributed by atoms with Gasteiger partial charge in [0.1, 0.15) is 5.75 Å². The Bertz CT molecular complexity index is 1350. The highest BCUT2D eigenvalue weighted by Crippen LogP contribution is 2.30. The van der Waals surface area contributed by atoms with Crippen molar-refractivity contribution in [2.75, 3.05) is 17.1 Å². The number of carbonyl (C=O) groups excluding carboxylic acids is 1. The quantitative estimate of drug-likeness (QED) is 0.385. The molecule has 3 rings (SSSR count). The summed E-state index contributed by atoms with van der Waals surface area (Å²) in [5.41, 5.74) is 2.57. The van der Waals surface area contributed by atoms with Gasteiger partial charge in [-0.1, -0.05) is 18.2 Å². The molecular weight excluding hydrogens is 446 g/mol. The van der Waals surface area contributed by atoms with Crippen LogP contribution in [0.3, 0.4) is 0 Å². The number of nitrogens with one attached hydrogen (secondary N) is 2. The average molecular weight is 470 g/mol. The van der Waals surface area contributed by atoms with Crippen LogP contribution in [0.5, 0.6) is 5.75 Å². The Morgan fingerprint density at radius 1 is 0.970 bits per heavy atom. The van der Waals surface area contributed by atoms with Crippen LogP contribution in [-0.2, 0) is 10.0 Å². The molecule has 0 atom stereocenters. The lowest BCUT2D eigenvalue weighted by Crippen LogP contribution is -2.18. The number of aryl methyl sites for hydroxylation is 2. The number of benzene rings is 3. The molecule has 9 nitrogen and oxygen atoms in total. The van der Waals surface area contributed by atoms with Crippen molar-refractivity contribution in [3.05, 3.63) is 87.0 Å². The Labute approximate surface area is 191 Å². The molecule has 33 heavy (non-hydrogen) atoms. The number of hydrogen-bond acceptors (Lipinski definition) is 6. The number of amides is 1. The van der Waals surface area contributed by atoms with Crippen LogP contribution in [0.4, 0.5) is 17.1 Å². The van der Waals surface area contributed by atoms with E-state index in [1.807, 2.05) is 19.9 Å². The van der Waals surface area contributed by atoms with Crippen LogP contribution in [0.2, 0.25) is 0 Å². The lowest BCUT2D eigenvalue weighted by molar-refractivity contribution is -0.384. The van der Waals surface area contributed by atoms with Gasteiger partial charge in [-0.2, -0.15) is 0 Å². The maximum atomic E-state index is 13.1. The Hall–Kier alpha value is -3.92. The number of non-ortho nitro benzene ring substituents is 1. The zero-order valence-electron chi connectivity index (χ0n) is 18.5. The summed E-state index contributed by atoms with van der Waals surface area (Å²) < 4.78 is 33.9. The highest BCUT2D eigenvalue weighted by molar-refractivity contribution is 7.92. The summed E-state index contributed by atoms with van der Waals surface area (Å²) >= 11 is 0. The van der Waals surface area contributed by atoms with Gasteiger partial charge in [-0.25, -0.2) is 8.42 Å². The van der Waals surface area contributed by atoms with E-state index in [0.717, 1.165) is 11.1 Å². The van der Waals surface area contributed by atoms with Crippen LogP contribution in [0, 0.1) is 30.9 Å². The third kappa shape index (κ3) is 5.12. The molecular formula is C23H23N3O6S. The third-order valence-electron chi connectivity index (χ3n) is 5.23. The molecule has 0 unspecified atom stereocenters. The lowest BCUT2D eigenvalue weighted by Gasteiger charge is -2.15. The maximum Gasteiger partial charge on any atom is 0.271 e. The third-order valence-corrected chi connectivity index (χ3v) is 6.74. The monoisotopic (exact) mass is 469 g/mol. The number of ether oxygens (including phenoxy) is 1. The molecule has 0 aromatic heterocycles. The van der Waals surface area contributed by atoms with Crippen molar-refractivity contribution in [2.24, 2.45) is 0 Å². The molecule has 0 spiro atoms. The molecule has 0 aliphatic rings. The SMILES string of the molecule is COc1ccc([N+](=O)[O-])cc1NC(=O)c1ccc(C)c(S(=O)(=O)Nc2cccc(C)c2C)c1. The number of anilines is 2. The molecule has 1 amide bonds. The van der Waals surface area contributed by atoms with Gasteiger partial charge in [0.25, 0.3) is 21.6 Å². The van der Waals surface area contributed by atoms with Crippen molar-refractivity contribution in [1.29, 1.82) is 0 Å². The minimum absolute atomic E-state index is 0.0536. The van der Waals surface area contributed by atoms with E-state index in [2.05, 4.69) is 10.0 Å². The molecule has 0 saturated heterocycles. The number of sulfonamides is 1. The van der Waals surface area contributed by atoms with E-state index in [4.69, 9.17) is 4.74 Å². The number of methoxy groups -OCH3 is 1. The van der Waals surface area contributed by atoms with Crippen LogP contribution in [0.1, 0.15) is 27.0 Å². The molecule has 2 N–H and O–H groups in total. The number of nitrogens with zero attached hydrogens (tertiary/aromatic N) is 1. The number of hydrogen-bond donors (Lipinski definition) is 2. The molecule has 0 heterocycles. The molecule has 0 aliphatic carbocycles. The van der Waals surface area contributed by atoms with Gasteiger partial charge in [-0.15, -0.1) is 0 Å². The van der Waals surface area contributed by atoms with Crippen molar-refractivity contribution in [1.82, 2.24) is 0 Å². The molecule has 3 aromatic rings. The van der Waals surface area contributed by atoms with Crippen molar-refractivity contribution < 1.29 is 22.9 Å². The first-order chi connectivity index (χ1) is 15.5. The minimum atomic E-state index is -3.99. The fourth-order valence-corrected chi connectivity index (χ4v) is 4.59. The maximum absolute atomic E-state index is 13.1. The van der Waals surface area contributed by atoms with Crippen LogP contribution < -0.4 is 14.8 Å². The van der Waals surface area contributed by atoms with E-state index in [1.165, 1.54) is 43.5 Å². The summed E-state index contributed by atoms with van der Waals surface area (Å²) in [4.78, 5) is 23.3. The minimum Gasteiger partial charge on any atom is -0.495 e. The van der Waals surface area contributed by atoms with Gasteiger partial charge < -0.3 is 10.1 Å². The normalized spacial score (nSPS) is 11.0. The van der Waals surface area contributed by atoms with Gasteiger partial charge in [-0.05, 0) is 61.7 Å². The average Bonchev–Trinajstić information content (AvgIpc) is 2.76. The molecule has 0 bridgehead atoms. The molecule has 0 saturated carbocycles. The summed E-state index contributed by atoms with van der Waals surface area (Å²) in [7, 11) is -2.62. The highest BCUT2D eigenvalue weighted by atomic mass is 32.2. The van der Waals surface area contributed by atoms with Crippen molar-refractivity contribution in [2.45, 2.75) is 25.7 Å². The second kappa shape index (κ2) is 9.29. The lowest BCUT2D eigenvalue weighted by atomic mass is 10.1. The van der Waals surface area contributed by atoms with Gasteiger partial charge in [-0.3, -0.25) is 19.6 Å². The van der Waals surface area contributed by atoms with E-state index >= 15 is 0 Å². The van der Waals surface area contributed by atoms with Crippen LogP contribution in [0.25, 0.3) is 0 Å². The first-order valence-corrected chi connectivity index (χ1v) is 11.4. The van der Waals surface area contributed by atoms with Crippen molar-refractivity contribution in [3.63, 3.8) is 0 Å². The second-order valence-corrected chi connectivity index (χ2v) is 9.08. The topological polar surface area (TPSA) is 128 Å². The number of nitro benzene ring substituents is 1. The highest BCUT2D eigenvalue weighted by Gasteiger charge is 2.21. The Morgan fingerprint density at radius 2 is 1.70 bits per heavy atom. The predicted molar refractivity (Wildman–Crippen MR) is 126 cm³/mol. The molecule has 3 aromatic carbocycles. The summed E-state index contributed by atoms with van der Waals surface area (Å²) in [5, 5.41) is 13.6. The fourth-order valence-electron chi connectivity index (χ4n) is 3.19. The van der Waals surface area contributed by atoms with Crippen LogP contribution in [0.15, 0.2) is 59.5 Å². The van der Waals surface area contributed by atoms with Gasteiger partial charge >= 0.3 is 0 Å². The molecule has 0 fully saturated rings. The van der Waals surface area contributed by atoms with E-state index in [0.29, 0.717) is 11.3 Å². The summed E-state index contributed by atoms with van der Waals surface area (Å²) in [5.74, 6) is -0.414. The summed E-state index contributed by atoms with van der Waals surface area (Å²) in [6.07, 6.45) is 0. The van der Waals surface area contributed by atoms with Gasteiger partial charge in [0.2, 0.25) is 0 Å². The summed E-state index contributed by atoms with van der Waals surface area (Å²) in [6.45, 7) is 5.32. The molecule has 172 valence electrons. The van der Waals surface area contributed by atoms with E-state index in [-0.39, 0.29) is 27.6 Å². The van der Waals surface area contributed by atoms with Crippen LogP contribution >= 0.6 is 0 Å². The molecule has 0 radical (unpaired) electrons. The van der Waals surface area contributed by atoms with E-state index < -0.39 is 20.9 Å². The second-order valence-electron chi connectivity index (χ2n) is 7.43. The number of carbonyl (C=O) groups is 1. The Kier molecular flexibility index (Phi) is 6.68.